The number of hydrogen-bond acceptors (Lipinski definition) is 3. The van der Waals surface area contributed by atoms with E-state index in [1.165, 1.54) is 11.8 Å². The molecular formula is C19H25ClN2O2. The molecule has 0 spiro atoms. The second kappa shape index (κ2) is 9.50. The van der Waals surface area contributed by atoms with Crippen molar-refractivity contribution in [3.8, 4) is 5.75 Å². The zero-order chi connectivity index (χ0) is 15.9. The van der Waals surface area contributed by atoms with Gasteiger partial charge in [-0.15, -0.1) is 12.4 Å². The van der Waals surface area contributed by atoms with Gasteiger partial charge in [-0.25, -0.2) is 0 Å². The van der Waals surface area contributed by atoms with Crippen molar-refractivity contribution in [2.24, 2.45) is 0 Å². The van der Waals surface area contributed by atoms with Crippen LogP contribution in [0.5, 0.6) is 5.75 Å². The maximum absolute atomic E-state index is 11.8. The molecule has 5 heteroatoms. The molecule has 1 amide bonds. The molecule has 24 heavy (non-hydrogen) atoms. The summed E-state index contributed by atoms with van der Waals surface area (Å²) in [5.41, 5.74) is 0. The van der Waals surface area contributed by atoms with Crippen LogP contribution in [0.15, 0.2) is 42.5 Å². The van der Waals surface area contributed by atoms with Crippen molar-refractivity contribution < 1.29 is 9.53 Å². The molecule has 0 bridgehead atoms. The van der Waals surface area contributed by atoms with Crippen molar-refractivity contribution in [1.82, 2.24) is 10.6 Å². The first kappa shape index (κ1) is 18.6. The lowest BCUT2D eigenvalue weighted by atomic mass is 10.1. The maximum Gasteiger partial charge on any atom is 0.220 e. The third kappa shape index (κ3) is 5.11. The number of hydrogen-bond donors (Lipinski definition) is 2. The van der Waals surface area contributed by atoms with Gasteiger partial charge in [-0.3, -0.25) is 4.79 Å². The minimum absolute atomic E-state index is 0. The van der Waals surface area contributed by atoms with E-state index < -0.39 is 0 Å². The Hall–Kier alpha value is -1.78. The molecule has 0 aliphatic carbocycles. The zero-order valence-corrected chi connectivity index (χ0v) is 14.6. The van der Waals surface area contributed by atoms with E-state index in [1.54, 1.807) is 0 Å². The lowest BCUT2D eigenvalue weighted by molar-refractivity contribution is -0.121. The van der Waals surface area contributed by atoms with Crippen LogP contribution in [0.4, 0.5) is 0 Å². The fraction of sp³-hybridized carbons (Fsp3) is 0.421. The fourth-order valence-corrected chi connectivity index (χ4v) is 2.99. The van der Waals surface area contributed by atoms with E-state index in [0.717, 1.165) is 37.1 Å². The van der Waals surface area contributed by atoms with Crippen molar-refractivity contribution in [2.45, 2.75) is 31.7 Å². The van der Waals surface area contributed by atoms with E-state index >= 15 is 0 Å². The molecule has 2 N–H and O–H groups in total. The highest BCUT2D eigenvalue weighted by Crippen LogP contribution is 2.25. The van der Waals surface area contributed by atoms with E-state index in [0.29, 0.717) is 19.1 Å². The van der Waals surface area contributed by atoms with Crippen LogP contribution in [-0.2, 0) is 4.79 Å². The second-order valence-corrected chi connectivity index (χ2v) is 6.03. The number of benzene rings is 2. The summed E-state index contributed by atoms with van der Waals surface area (Å²) in [5.74, 6) is 0.999. The quantitative estimate of drug-likeness (QED) is 0.755. The zero-order valence-electron chi connectivity index (χ0n) is 13.8. The van der Waals surface area contributed by atoms with Crippen molar-refractivity contribution in [1.29, 1.82) is 0 Å². The van der Waals surface area contributed by atoms with Gasteiger partial charge in [0.1, 0.15) is 5.75 Å². The van der Waals surface area contributed by atoms with E-state index in [2.05, 4.69) is 28.8 Å². The van der Waals surface area contributed by atoms with Gasteiger partial charge in [0.15, 0.2) is 0 Å². The average Bonchev–Trinajstić information content (AvgIpc) is 3.10. The van der Waals surface area contributed by atoms with Crippen LogP contribution < -0.4 is 15.4 Å². The van der Waals surface area contributed by atoms with Crippen LogP contribution in [0, 0.1) is 0 Å². The van der Waals surface area contributed by atoms with Gasteiger partial charge in [-0.1, -0.05) is 36.4 Å². The monoisotopic (exact) mass is 348 g/mol. The normalized spacial score (nSPS) is 16.6. The number of ether oxygens (including phenoxy) is 1. The number of carbonyl (C=O) groups excluding carboxylic acids is 1. The van der Waals surface area contributed by atoms with E-state index in [1.807, 2.05) is 24.3 Å². The number of amides is 1. The van der Waals surface area contributed by atoms with Crippen molar-refractivity contribution in [2.75, 3.05) is 19.7 Å². The molecular weight excluding hydrogens is 324 g/mol. The first-order chi connectivity index (χ1) is 11.3. The van der Waals surface area contributed by atoms with Gasteiger partial charge in [-0.05, 0) is 37.3 Å². The number of carbonyl (C=O) groups is 1. The number of nitrogens with one attached hydrogen (secondary N) is 2. The number of fused-ring (bicyclic) bond motifs is 1. The highest BCUT2D eigenvalue weighted by molar-refractivity contribution is 5.88. The lowest BCUT2D eigenvalue weighted by Gasteiger charge is -2.12. The fourth-order valence-electron chi connectivity index (χ4n) is 2.99. The molecule has 1 fully saturated rings. The van der Waals surface area contributed by atoms with Crippen LogP contribution in [0.2, 0.25) is 0 Å². The molecule has 1 saturated heterocycles. The maximum atomic E-state index is 11.8. The lowest BCUT2D eigenvalue weighted by Crippen LogP contribution is -2.37. The van der Waals surface area contributed by atoms with Gasteiger partial charge in [0, 0.05) is 24.4 Å². The molecule has 0 radical (unpaired) electrons. The summed E-state index contributed by atoms with van der Waals surface area (Å²) >= 11 is 0. The molecule has 1 heterocycles. The van der Waals surface area contributed by atoms with Gasteiger partial charge in [0.2, 0.25) is 5.91 Å². The van der Waals surface area contributed by atoms with Gasteiger partial charge >= 0.3 is 0 Å². The summed E-state index contributed by atoms with van der Waals surface area (Å²) < 4.78 is 5.86. The Labute approximate surface area is 149 Å². The first-order valence-electron chi connectivity index (χ1n) is 8.43. The summed E-state index contributed by atoms with van der Waals surface area (Å²) in [7, 11) is 0. The molecule has 0 aromatic heterocycles. The number of rotatable bonds is 7. The Morgan fingerprint density at radius 3 is 2.88 bits per heavy atom. The predicted molar refractivity (Wildman–Crippen MR) is 100.0 cm³/mol. The van der Waals surface area contributed by atoms with Gasteiger partial charge in [0.25, 0.3) is 0 Å². The van der Waals surface area contributed by atoms with Gasteiger partial charge < -0.3 is 15.4 Å². The largest absolute Gasteiger partial charge is 0.493 e. The van der Waals surface area contributed by atoms with Gasteiger partial charge in [-0.2, -0.15) is 0 Å². The smallest absolute Gasteiger partial charge is 0.220 e. The predicted octanol–water partition coefficient (Wildman–Crippen LogP) is 3.29. The van der Waals surface area contributed by atoms with E-state index in [9.17, 15) is 4.79 Å². The van der Waals surface area contributed by atoms with Crippen molar-refractivity contribution in [3.63, 3.8) is 0 Å². The van der Waals surface area contributed by atoms with E-state index in [4.69, 9.17) is 4.74 Å². The summed E-state index contributed by atoms with van der Waals surface area (Å²) in [4.78, 5) is 11.8. The van der Waals surface area contributed by atoms with Crippen LogP contribution in [0.1, 0.15) is 25.7 Å². The molecule has 1 atom stereocenters. The third-order valence-corrected chi connectivity index (χ3v) is 4.26. The molecule has 1 unspecified atom stereocenters. The van der Waals surface area contributed by atoms with Crippen LogP contribution >= 0.6 is 12.4 Å². The molecule has 4 nitrogen and oxygen atoms in total. The molecule has 1 aliphatic heterocycles. The topological polar surface area (TPSA) is 50.4 Å². The molecule has 1 aliphatic rings. The molecule has 3 rings (SSSR count). The van der Waals surface area contributed by atoms with Crippen LogP contribution in [0.3, 0.4) is 0 Å². The average molecular weight is 349 g/mol. The molecule has 130 valence electrons. The minimum atomic E-state index is 0. The Kier molecular flexibility index (Phi) is 7.35. The highest BCUT2D eigenvalue weighted by Gasteiger charge is 2.14. The SMILES string of the molecule is Cl.O=C(CCCOc1cccc2ccccc12)NCC1CCCN1. The Morgan fingerprint density at radius 2 is 2.04 bits per heavy atom. The minimum Gasteiger partial charge on any atom is -0.493 e. The van der Waals surface area contributed by atoms with Crippen LogP contribution in [-0.4, -0.2) is 31.6 Å². The summed E-state index contributed by atoms with van der Waals surface area (Å²) in [5, 5.41) is 8.66. The van der Waals surface area contributed by atoms with Crippen molar-refractivity contribution in [3.05, 3.63) is 42.5 Å². The standard InChI is InChI=1S/C19H24N2O2.ClH/c22-19(21-14-16-8-4-12-20-16)11-5-13-23-18-10-3-7-15-6-1-2-9-17(15)18;/h1-3,6-7,9-10,16,20H,4-5,8,11-14H2,(H,21,22);1H. The van der Waals surface area contributed by atoms with Gasteiger partial charge in [0.05, 0.1) is 6.61 Å². The van der Waals surface area contributed by atoms with E-state index in [-0.39, 0.29) is 18.3 Å². The third-order valence-electron chi connectivity index (χ3n) is 4.26. The highest BCUT2D eigenvalue weighted by atomic mass is 35.5. The van der Waals surface area contributed by atoms with Crippen LogP contribution in [0.25, 0.3) is 10.8 Å². The van der Waals surface area contributed by atoms with Crippen molar-refractivity contribution >= 4 is 29.1 Å². The molecule has 2 aromatic carbocycles. The molecule has 0 saturated carbocycles. The molecule has 2 aromatic rings. The second-order valence-electron chi connectivity index (χ2n) is 6.03. The Bertz CT molecular complexity index is 651. The Morgan fingerprint density at radius 1 is 1.21 bits per heavy atom. The number of halogens is 1. The summed E-state index contributed by atoms with van der Waals surface area (Å²) in [6.45, 7) is 2.37. The summed E-state index contributed by atoms with van der Waals surface area (Å²) in [6.07, 6.45) is 3.61. The first-order valence-corrected chi connectivity index (χ1v) is 8.43. The summed E-state index contributed by atoms with van der Waals surface area (Å²) in [6, 6.07) is 14.7. The Balaban J connectivity index is 0.00000208.